The van der Waals surface area contributed by atoms with E-state index in [-0.39, 0.29) is 11.5 Å². The standard InChI is InChI=1S/C13H17N3O3S/c1-9-4-10(2)13(12(5-9)20(14,17)18)19-7-11-6-15-8-16(11)3/h4-6,8H,7H2,1-3H3,(H2,14,17,18). The topological polar surface area (TPSA) is 87.2 Å². The fourth-order valence-electron chi connectivity index (χ4n) is 1.98. The molecule has 0 aliphatic heterocycles. The van der Waals surface area contributed by atoms with Gasteiger partial charge in [-0.1, -0.05) is 6.07 Å². The smallest absolute Gasteiger partial charge is 0.241 e. The number of hydrogen-bond acceptors (Lipinski definition) is 4. The Bertz CT molecular complexity index is 735. The van der Waals surface area contributed by atoms with Crippen molar-refractivity contribution in [3.05, 3.63) is 41.5 Å². The molecule has 2 rings (SSSR count). The summed E-state index contributed by atoms with van der Waals surface area (Å²) in [6.07, 6.45) is 3.32. The molecule has 2 N–H and O–H groups in total. The number of sulfonamides is 1. The molecule has 2 aromatic rings. The highest BCUT2D eigenvalue weighted by Crippen LogP contribution is 2.29. The average molecular weight is 295 g/mol. The molecule has 1 heterocycles. The summed E-state index contributed by atoms with van der Waals surface area (Å²) in [6.45, 7) is 3.83. The van der Waals surface area contributed by atoms with Gasteiger partial charge >= 0.3 is 0 Å². The van der Waals surface area contributed by atoms with E-state index in [9.17, 15) is 8.42 Å². The Hall–Kier alpha value is -1.86. The van der Waals surface area contributed by atoms with Gasteiger partial charge in [-0.2, -0.15) is 0 Å². The first-order valence-corrected chi connectivity index (χ1v) is 7.55. The number of ether oxygens (including phenoxy) is 1. The summed E-state index contributed by atoms with van der Waals surface area (Å²) in [7, 11) is -1.99. The maximum atomic E-state index is 11.7. The van der Waals surface area contributed by atoms with E-state index in [4.69, 9.17) is 9.88 Å². The van der Waals surface area contributed by atoms with Crippen molar-refractivity contribution >= 4 is 10.0 Å². The fraction of sp³-hybridized carbons (Fsp3) is 0.308. The van der Waals surface area contributed by atoms with E-state index < -0.39 is 10.0 Å². The zero-order chi connectivity index (χ0) is 14.9. The Morgan fingerprint density at radius 2 is 2.05 bits per heavy atom. The van der Waals surface area contributed by atoms with Gasteiger partial charge in [-0.05, 0) is 31.0 Å². The van der Waals surface area contributed by atoms with Crippen LogP contribution in [0.4, 0.5) is 0 Å². The van der Waals surface area contributed by atoms with Gasteiger partial charge in [0.25, 0.3) is 0 Å². The van der Waals surface area contributed by atoms with Gasteiger partial charge in [0.15, 0.2) is 0 Å². The zero-order valence-electron chi connectivity index (χ0n) is 11.6. The summed E-state index contributed by atoms with van der Waals surface area (Å²) in [4.78, 5) is 3.99. The molecule has 20 heavy (non-hydrogen) atoms. The van der Waals surface area contributed by atoms with Crippen LogP contribution in [0.25, 0.3) is 0 Å². The molecule has 0 saturated heterocycles. The van der Waals surface area contributed by atoms with E-state index in [1.807, 2.05) is 20.0 Å². The zero-order valence-corrected chi connectivity index (χ0v) is 12.4. The predicted octanol–water partition coefficient (Wildman–Crippen LogP) is 1.26. The molecule has 0 bridgehead atoms. The van der Waals surface area contributed by atoms with Crippen LogP contribution in [0.2, 0.25) is 0 Å². The lowest BCUT2D eigenvalue weighted by Gasteiger charge is -2.14. The van der Waals surface area contributed by atoms with Gasteiger partial charge in [-0.3, -0.25) is 0 Å². The molecule has 0 amide bonds. The van der Waals surface area contributed by atoms with Gasteiger partial charge in [0, 0.05) is 7.05 Å². The largest absolute Gasteiger partial charge is 0.486 e. The molecule has 7 heteroatoms. The van der Waals surface area contributed by atoms with E-state index in [1.165, 1.54) is 6.07 Å². The third-order valence-electron chi connectivity index (χ3n) is 2.97. The van der Waals surface area contributed by atoms with Crippen LogP contribution in [0.5, 0.6) is 5.75 Å². The highest BCUT2D eigenvalue weighted by molar-refractivity contribution is 7.89. The van der Waals surface area contributed by atoms with Gasteiger partial charge < -0.3 is 9.30 Å². The first-order chi connectivity index (χ1) is 9.29. The van der Waals surface area contributed by atoms with E-state index in [0.717, 1.165) is 16.8 Å². The van der Waals surface area contributed by atoms with E-state index in [2.05, 4.69) is 4.98 Å². The van der Waals surface area contributed by atoms with Crippen molar-refractivity contribution in [2.45, 2.75) is 25.3 Å². The number of nitrogens with zero attached hydrogens (tertiary/aromatic N) is 2. The molecule has 6 nitrogen and oxygen atoms in total. The third kappa shape index (κ3) is 3.00. The minimum absolute atomic E-state index is 0.0113. The lowest BCUT2D eigenvalue weighted by molar-refractivity contribution is 0.287. The van der Waals surface area contributed by atoms with Crippen molar-refractivity contribution in [1.29, 1.82) is 0 Å². The summed E-state index contributed by atoms with van der Waals surface area (Å²) in [5, 5.41) is 5.25. The van der Waals surface area contributed by atoms with Crippen molar-refractivity contribution in [3.8, 4) is 5.75 Å². The van der Waals surface area contributed by atoms with Crippen LogP contribution in [0.3, 0.4) is 0 Å². The number of rotatable bonds is 4. The lowest BCUT2D eigenvalue weighted by Crippen LogP contribution is -2.15. The van der Waals surface area contributed by atoms with Crippen LogP contribution in [0.1, 0.15) is 16.8 Å². The molecule has 0 aliphatic rings. The molecule has 108 valence electrons. The summed E-state index contributed by atoms with van der Waals surface area (Å²) >= 11 is 0. The molecule has 0 fully saturated rings. The average Bonchev–Trinajstić information content (AvgIpc) is 2.72. The lowest BCUT2D eigenvalue weighted by atomic mass is 10.1. The number of aryl methyl sites for hydroxylation is 3. The highest BCUT2D eigenvalue weighted by atomic mass is 32.2. The van der Waals surface area contributed by atoms with Crippen LogP contribution in [0.15, 0.2) is 29.6 Å². The normalized spacial score (nSPS) is 11.6. The van der Waals surface area contributed by atoms with Crippen LogP contribution in [-0.4, -0.2) is 18.0 Å². The minimum Gasteiger partial charge on any atom is -0.486 e. The SMILES string of the molecule is Cc1cc(C)c(OCc2cncn2C)c(S(N)(=O)=O)c1. The maximum Gasteiger partial charge on any atom is 0.241 e. The van der Waals surface area contributed by atoms with Gasteiger partial charge in [0.1, 0.15) is 17.3 Å². The summed E-state index contributed by atoms with van der Waals surface area (Å²) in [6, 6.07) is 3.37. The highest BCUT2D eigenvalue weighted by Gasteiger charge is 2.18. The Morgan fingerprint density at radius 1 is 1.35 bits per heavy atom. The summed E-state index contributed by atoms with van der Waals surface area (Å²) in [5.74, 6) is 0.291. The van der Waals surface area contributed by atoms with E-state index in [1.54, 1.807) is 24.0 Å². The fourth-order valence-corrected chi connectivity index (χ4v) is 2.81. The number of hydrogen-bond donors (Lipinski definition) is 1. The molecule has 1 aromatic carbocycles. The Kier molecular flexibility index (Phi) is 3.82. The molecular weight excluding hydrogens is 278 g/mol. The molecular formula is C13H17N3O3S. The molecule has 0 radical (unpaired) electrons. The second-order valence-electron chi connectivity index (χ2n) is 4.74. The molecule has 0 aliphatic carbocycles. The Balaban J connectivity index is 2.38. The van der Waals surface area contributed by atoms with Gasteiger partial charge in [-0.25, -0.2) is 18.5 Å². The number of nitrogens with two attached hydrogens (primary N) is 1. The molecule has 0 unspecified atom stereocenters. The second kappa shape index (κ2) is 5.26. The molecule has 0 spiro atoms. The number of aromatic nitrogens is 2. The predicted molar refractivity (Wildman–Crippen MR) is 74.8 cm³/mol. The second-order valence-corrected chi connectivity index (χ2v) is 6.27. The third-order valence-corrected chi connectivity index (χ3v) is 3.89. The van der Waals surface area contributed by atoms with Crippen LogP contribution < -0.4 is 9.88 Å². The maximum absolute atomic E-state index is 11.7. The number of imidazole rings is 1. The van der Waals surface area contributed by atoms with Gasteiger partial charge in [0.2, 0.25) is 10.0 Å². The Labute approximate surface area is 118 Å². The summed E-state index contributed by atoms with van der Waals surface area (Å²) in [5.41, 5.74) is 2.39. The monoisotopic (exact) mass is 295 g/mol. The molecule has 0 atom stereocenters. The van der Waals surface area contributed by atoms with Gasteiger partial charge in [-0.15, -0.1) is 0 Å². The summed E-state index contributed by atoms with van der Waals surface area (Å²) < 4.78 is 30.8. The number of primary sulfonamides is 1. The van der Waals surface area contributed by atoms with Crippen molar-refractivity contribution in [3.63, 3.8) is 0 Å². The van der Waals surface area contributed by atoms with Crippen molar-refractivity contribution < 1.29 is 13.2 Å². The van der Waals surface area contributed by atoms with Crippen LogP contribution in [0, 0.1) is 13.8 Å². The van der Waals surface area contributed by atoms with Crippen LogP contribution >= 0.6 is 0 Å². The van der Waals surface area contributed by atoms with Crippen molar-refractivity contribution in [1.82, 2.24) is 9.55 Å². The van der Waals surface area contributed by atoms with Crippen LogP contribution in [-0.2, 0) is 23.7 Å². The molecule has 1 aromatic heterocycles. The molecule has 0 saturated carbocycles. The number of benzene rings is 1. The van der Waals surface area contributed by atoms with Crippen molar-refractivity contribution in [2.24, 2.45) is 12.2 Å². The first-order valence-electron chi connectivity index (χ1n) is 6.01. The van der Waals surface area contributed by atoms with E-state index >= 15 is 0 Å². The first kappa shape index (κ1) is 14.5. The van der Waals surface area contributed by atoms with Gasteiger partial charge in [0.05, 0.1) is 18.2 Å². The van der Waals surface area contributed by atoms with Crippen molar-refractivity contribution in [2.75, 3.05) is 0 Å². The quantitative estimate of drug-likeness (QED) is 0.920. The Morgan fingerprint density at radius 3 is 2.60 bits per heavy atom. The van der Waals surface area contributed by atoms with E-state index in [0.29, 0.717) is 5.75 Å². The minimum atomic E-state index is -3.83.